The normalized spacial score (nSPS) is 15.5. The van der Waals surface area contributed by atoms with Gasteiger partial charge in [-0.2, -0.15) is 0 Å². The number of fused-ring (bicyclic) bond motifs is 1. The number of hydrogen-bond donors (Lipinski definition) is 2. The number of aromatic amines is 1. The van der Waals surface area contributed by atoms with Crippen LogP contribution in [0.1, 0.15) is 29.2 Å². The third kappa shape index (κ3) is 3.97. The van der Waals surface area contributed by atoms with E-state index in [4.69, 9.17) is 0 Å². The summed E-state index contributed by atoms with van der Waals surface area (Å²) in [4.78, 5) is 18.2. The summed E-state index contributed by atoms with van der Waals surface area (Å²) in [5, 5.41) is 3.09. The van der Waals surface area contributed by atoms with Crippen LogP contribution in [0.2, 0.25) is 0 Å². The molecule has 8 heteroatoms. The summed E-state index contributed by atoms with van der Waals surface area (Å²) in [6.07, 6.45) is 3.34. The van der Waals surface area contributed by atoms with Crippen molar-refractivity contribution >= 4 is 43.9 Å². The van der Waals surface area contributed by atoms with Crippen LogP contribution in [0.4, 0.5) is 5.69 Å². The van der Waals surface area contributed by atoms with Crippen molar-refractivity contribution in [3.8, 4) is 0 Å². The maximum absolute atomic E-state index is 13.0. The topological polar surface area (TPSA) is 82.3 Å². The maximum Gasteiger partial charge on any atom is 0.240 e. The van der Waals surface area contributed by atoms with Gasteiger partial charge in [-0.3, -0.25) is 4.79 Å². The fourth-order valence-corrected chi connectivity index (χ4v) is 6.13. The van der Waals surface area contributed by atoms with Gasteiger partial charge in [-0.15, -0.1) is 11.3 Å². The van der Waals surface area contributed by atoms with Crippen LogP contribution in [0.15, 0.2) is 77.1 Å². The minimum absolute atomic E-state index is 0.0799. The van der Waals surface area contributed by atoms with E-state index in [0.29, 0.717) is 13.0 Å². The van der Waals surface area contributed by atoms with Crippen molar-refractivity contribution in [3.05, 3.63) is 82.7 Å². The van der Waals surface area contributed by atoms with E-state index < -0.39 is 10.0 Å². The van der Waals surface area contributed by atoms with Gasteiger partial charge in [0.15, 0.2) is 0 Å². The minimum atomic E-state index is -3.70. The first kappa shape index (κ1) is 20.9. The molecule has 3 heterocycles. The summed E-state index contributed by atoms with van der Waals surface area (Å²) < 4.78 is 28.9. The summed E-state index contributed by atoms with van der Waals surface area (Å²) in [6, 6.07) is 18.6. The summed E-state index contributed by atoms with van der Waals surface area (Å²) in [7, 11) is -3.70. The molecule has 0 unspecified atom stereocenters. The van der Waals surface area contributed by atoms with Gasteiger partial charge < -0.3 is 9.88 Å². The number of carbonyl (C=O) groups excluding carboxylic acids is 1. The largest absolute Gasteiger partial charge is 0.361 e. The predicted molar refractivity (Wildman–Crippen MR) is 128 cm³/mol. The molecular formula is C24H23N3O3S2. The van der Waals surface area contributed by atoms with Crippen LogP contribution in [0.25, 0.3) is 10.9 Å². The highest BCUT2D eigenvalue weighted by Crippen LogP contribution is 2.33. The zero-order chi connectivity index (χ0) is 22.1. The molecule has 4 aromatic rings. The lowest BCUT2D eigenvalue weighted by atomic mass is 9.97. The van der Waals surface area contributed by atoms with Crippen molar-refractivity contribution in [2.45, 2.75) is 23.7 Å². The molecule has 2 aromatic heterocycles. The van der Waals surface area contributed by atoms with Gasteiger partial charge in [0.05, 0.1) is 4.90 Å². The Bertz CT molecular complexity index is 1340. The first-order valence-corrected chi connectivity index (χ1v) is 12.9. The molecule has 1 aliphatic heterocycles. The monoisotopic (exact) mass is 465 g/mol. The van der Waals surface area contributed by atoms with E-state index in [2.05, 4.69) is 15.8 Å². The first-order chi connectivity index (χ1) is 15.5. The number of carbonyl (C=O) groups is 1. The highest BCUT2D eigenvalue weighted by Gasteiger charge is 2.24. The second kappa shape index (κ2) is 8.54. The molecule has 0 bridgehead atoms. The number of para-hydroxylation sites is 1. The van der Waals surface area contributed by atoms with E-state index >= 15 is 0 Å². The minimum Gasteiger partial charge on any atom is -0.361 e. The van der Waals surface area contributed by atoms with E-state index in [0.717, 1.165) is 33.5 Å². The molecule has 1 amide bonds. The van der Waals surface area contributed by atoms with Crippen LogP contribution >= 0.6 is 11.3 Å². The molecule has 1 atom stereocenters. The van der Waals surface area contributed by atoms with Gasteiger partial charge in [-0.05, 0) is 53.8 Å². The molecule has 1 saturated heterocycles. The van der Waals surface area contributed by atoms with Gasteiger partial charge in [0.25, 0.3) is 0 Å². The molecule has 5 rings (SSSR count). The molecule has 6 nitrogen and oxygen atoms in total. The van der Waals surface area contributed by atoms with Crippen LogP contribution in [0.3, 0.4) is 0 Å². The van der Waals surface area contributed by atoms with Crippen molar-refractivity contribution in [3.63, 3.8) is 0 Å². The molecule has 0 saturated carbocycles. The van der Waals surface area contributed by atoms with E-state index in [9.17, 15) is 13.2 Å². The fourth-order valence-electron chi connectivity index (χ4n) is 4.24. The highest BCUT2D eigenvalue weighted by atomic mass is 32.2. The van der Waals surface area contributed by atoms with Crippen LogP contribution in [0, 0.1) is 0 Å². The Balaban J connectivity index is 1.39. The summed E-state index contributed by atoms with van der Waals surface area (Å²) in [5.41, 5.74) is 2.83. The number of H-pyrrole nitrogens is 1. The van der Waals surface area contributed by atoms with Crippen molar-refractivity contribution in [1.82, 2.24) is 9.71 Å². The average molecular weight is 466 g/mol. The molecule has 1 aliphatic rings. The standard InChI is InChI=1S/C24H23N3O3S2/c28-24-8-3-13-27(24)17-9-11-18(12-10-17)32(29,30)26-16-21(23-7-4-14-31-23)20-15-25-22-6-2-1-5-19(20)22/h1-2,4-7,9-12,14-15,21,25-26H,3,8,13,16H2/t21-/m0/s1. The number of benzene rings is 2. The van der Waals surface area contributed by atoms with Gasteiger partial charge in [-0.25, -0.2) is 13.1 Å². The van der Waals surface area contributed by atoms with E-state index in [1.165, 1.54) is 0 Å². The second-order valence-electron chi connectivity index (χ2n) is 7.85. The Morgan fingerprint density at radius 1 is 1.06 bits per heavy atom. The molecule has 32 heavy (non-hydrogen) atoms. The zero-order valence-corrected chi connectivity index (χ0v) is 19.0. The summed E-state index contributed by atoms with van der Waals surface area (Å²) >= 11 is 1.61. The lowest BCUT2D eigenvalue weighted by Gasteiger charge is -2.18. The molecule has 2 aromatic carbocycles. The van der Waals surface area contributed by atoms with Gasteiger partial charge in [0.2, 0.25) is 15.9 Å². The SMILES string of the molecule is O=C1CCCN1c1ccc(S(=O)(=O)NC[C@H](c2cccs2)c2c[nH]c3ccccc23)cc1. The van der Waals surface area contributed by atoms with Gasteiger partial charge in [0, 0.05) is 53.1 Å². The van der Waals surface area contributed by atoms with Crippen LogP contribution in [-0.2, 0) is 14.8 Å². The number of nitrogens with one attached hydrogen (secondary N) is 2. The number of nitrogens with zero attached hydrogens (tertiary/aromatic N) is 1. The molecule has 0 aliphatic carbocycles. The molecule has 2 N–H and O–H groups in total. The molecule has 164 valence electrons. The number of sulfonamides is 1. The van der Waals surface area contributed by atoms with Crippen molar-refractivity contribution in [1.29, 1.82) is 0 Å². The molecule has 0 radical (unpaired) electrons. The third-order valence-corrected chi connectivity index (χ3v) is 8.32. The van der Waals surface area contributed by atoms with Crippen LogP contribution < -0.4 is 9.62 Å². The van der Waals surface area contributed by atoms with Crippen molar-refractivity contribution < 1.29 is 13.2 Å². The number of aromatic nitrogens is 1. The van der Waals surface area contributed by atoms with Gasteiger partial charge in [0.1, 0.15) is 0 Å². The van der Waals surface area contributed by atoms with Crippen molar-refractivity contribution in [2.75, 3.05) is 18.0 Å². The van der Waals surface area contributed by atoms with E-state index in [1.807, 2.05) is 41.9 Å². The number of anilines is 1. The Kier molecular flexibility index (Phi) is 5.58. The highest BCUT2D eigenvalue weighted by molar-refractivity contribution is 7.89. The maximum atomic E-state index is 13.0. The Morgan fingerprint density at radius 3 is 2.59 bits per heavy atom. The van der Waals surface area contributed by atoms with Gasteiger partial charge in [-0.1, -0.05) is 24.3 Å². The van der Waals surface area contributed by atoms with Crippen molar-refractivity contribution in [2.24, 2.45) is 0 Å². The lowest BCUT2D eigenvalue weighted by Crippen LogP contribution is -2.29. The molecule has 0 spiro atoms. The predicted octanol–water partition coefficient (Wildman–Crippen LogP) is 4.47. The third-order valence-electron chi connectivity index (χ3n) is 5.89. The van der Waals surface area contributed by atoms with Crippen LogP contribution in [0.5, 0.6) is 0 Å². The first-order valence-electron chi connectivity index (χ1n) is 10.5. The number of amides is 1. The number of hydrogen-bond acceptors (Lipinski definition) is 4. The van der Waals surface area contributed by atoms with E-state index in [-0.39, 0.29) is 23.3 Å². The molecule has 1 fully saturated rings. The Morgan fingerprint density at radius 2 is 1.88 bits per heavy atom. The Hall–Kier alpha value is -2.94. The second-order valence-corrected chi connectivity index (χ2v) is 10.6. The number of rotatable bonds is 7. The summed E-state index contributed by atoms with van der Waals surface area (Å²) in [5.74, 6) is -0.0290. The van der Waals surface area contributed by atoms with Crippen LogP contribution in [-0.4, -0.2) is 32.4 Å². The lowest BCUT2D eigenvalue weighted by molar-refractivity contribution is -0.117. The number of thiophene rings is 1. The zero-order valence-electron chi connectivity index (χ0n) is 17.3. The Labute approximate surface area is 190 Å². The van der Waals surface area contributed by atoms with E-state index in [1.54, 1.807) is 40.5 Å². The average Bonchev–Trinajstić information content (AvgIpc) is 3.56. The quantitative estimate of drug-likeness (QED) is 0.423. The molecular weight excluding hydrogens is 442 g/mol. The summed E-state index contributed by atoms with van der Waals surface area (Å²) in [6.45, 7) is 0.924. The smallest absolute Gasteiger partial charge is 0.240 e. The fraction of sp³-hybridized carbons (Fsp3) is 0.208. The van der Waals surface area contributed by atoms with Gasteiger partial charge >= 0.3 is 0 Å².